The highest BCUT2D eigenvalue weighted by Gasteiger charge is 2.51. The number of benzene rings is 5. The second-order valence-corrected chi connectivity index (χ2v) is 29.2. The molecule has 5 aromatic carbocycles. The first kappa shape index (κ1) is 86.1. The zero-order valence-electron chi connectivity index (χ0n) is 62.7. The fourth-order valence-corrected chi connectivity index (χ4v) is 11.1. The number of nitrogens with zero attached hydrogens (tertiary/aromatic N) is 10. The number of fused-ring (bicyclic) bond motifs is 2. The van der Waals surface area contributed by atoms with E-state index < -0.39 is 11.2 Å². The molecule has 29 heteroatoms. The Balaban J connectivity index is 0.000000216. The number of likely N-dealkylation sites (N-methyl/N-ethyl adjacent to an activating group) is 4. The molecule has 0 atom stereocenters. The molecule has 0 radical (unpaired) electrons. The molecule has 0 spiro atoms. The van der Waals surface area contributed by atoms with Crippen molar-refractivity contribution in [3.63, 3.8) is 0 Å². The molecule has 566 valence electrons. The second kappa shape index (κ2) is 41.3. The Bertz CT molecular complexity index is 4300. The molecule has 0 bridgehead atoms. The third kappa shape index (κ3) is 27.8. The minimum atomic E-state index is -0.933. The number of nitrogen functional groups attached to an aromatic ring is 1. The Labute approximate surface area is 643 Å². The zero-order valence-corrected chi connectivity index (χ0v) is 66.7. The van der Waals surface area contributed by atoms with Gasteiger partial charge in [0, 0.05) is 71.6 Å². The van der Waals surface area contributed by atoms with Crippen LogP contribution in [0.4, 0.5) is 11.6 Å². The van der Waals surface area contributed by atoms with Crippen molar-refractivity contribution in [2.45, 2.75) is 151 Å². The van der Waals surface area contributed by atoms with Crippen LogP contribution in [0.1, 0.15) is 112 Å². The number of isocyanates is 1. The van der Waals surface area contributed by atoms with Crippen LogP contribution in [0.3, 0.4) is 0 Å². The number of amides is 4. The second-order valence-electron chi connectivity index (χ2n) is 27.0. The fraction of sp³-hybridized carbons (Fsp3) is 0.416. The number of carbonyl (C=O) groups is 4. The maximum absolute atomic E-state index is 11.9. The standard InChI is InChI=1S/C23H30N6O3.C19H22ClN5O2.C16H24BNO3.C10H12BrNO.C6H6BrN.C3H5NO/c1-4-24-19(30)13-16-5-7-17(8-6-16)20-18-14-25-29(15-23(2,3)31)21(18)27-22(26-20)28-9-11-32-12-10-28;1-4-21-15(26)9-12-5-7-13(8-6-12)16-14-10-22-25(11-19(2,3)27)17(14)24-18(20)23-16;1-6-18-14(19)11-12-7-9-13(10-8-12)17-20-15(2,3)16(4,5)21-17;1-2-12-10(13)7-8-3-5-9(11)6-4-8;7-5-1-3-6(8)4-2-5;1-2-4-3-5/h5-8,14,31H,4,9-13,15H2,1-3H3,(H,24,30);5-8,10,27H,4,9,11H2,1-3H3,(H,21,26);7-10H,6,11H2,1-5H3,(H,18,19);3-6H,2,7H2,1H3,(H,12,13);1-4H,8H2;2H2,1H3. The predicted molar refractivity (Wildman–Crippen MR) is 425 cm³/mol. The lowest BCUT2D eigenvalue weighted by molar-refractivity contribution is -0.121. The number of aliphatic hydroxyl groups is 2. The Morgan fingerprint density at radius 1 is 0.566 bits per heavy atom. The molecule has 106 heavy (non-hydrogen) atoms. The van der Waals surface area contributed by atoms with E-state index in [1.54, 1.807) is 56.4 Å². The van der Waals surface area contributed by atoms with Gasteiger partial charge in [0.2, 0.25) is 40.9 Å². The van der Waals surface area contributed by atoms with E-state index in [9.17, 15) is 29.4 Å². The van der Waals surface area contributed by atoms with Gasteiger partial charge in [-0.2, -0.15) is 20.2 Å². The summed E-state index contributed by atoms with van der Waals surface area (Å²) >= 11 is 12.8. The maximum atomic E-state index is 11.9. The number of aliphatic imine (C=N–C) groups is 1. The van der Waals surface area contributed by atoms with Crippen molar-refractivity contribution >= 4 is 119 Å². The van der Waals surface area contributed by atoms with Gasteiger partial charge in [-0.1, -0.05) is 117 Å². The number of nitrogens with one attached hydrogen (secondary N) is 4. The van der Waals surface area contributed by atoms with Crippen molar-refractivity contribution in [2.24, 2.45) is 4.99 Å². The molecule has 0 unspecified atom stereocenters. The molecule has 4 amide bonds. The van der Waals surface area contributed by atoms with Crippen LogP contribution < -0.4 is 37.4 Å². The third-order valence-electron chi connectivity index (χ3n) is 16.2. The molecule has 11 rings (SSSR count). The van der Waals surface area contributed by atoms with Crippen LogP contribution in [-0.4, -0.2) is 168 Å². The van der Waals surface area contributed by atoms with Crippen molar-refractivity contribution < 1.29 is 48.2 Å². The summed E-state index contributed by atoms with van der Waals surface area (Å²) in [5, 5.41) is 42.1. The van der Waals surface area contributed by atoms with Crippen LogP contribution in [-0.2, 0) is 76.8 Å². The normalized spacial score (nSPS) is 13.5. The Kier molecular flexibility index (Phi) is 33.6. The van der Waals surface area contributed by atoms with Gasteiger partial charge in [0.25, 0.3) is 0 Å². The van der Waals surface area contributed by atoms with Crippen LogP contribution in [0.25, 0.3) is 44.6 Å². The zero-order chi connectivity index (χ0) is 77.8. The highest BCUT2D eigenvalue weighted by molar-refractivity contribution is 9.10. The first-order chi connectivity index (χ1) is 50.3. The molecule has 2 fully saturated rings. The summed E-state index contributed by atoms with van der Waals surface area (Å²) in [4.78, 5) is 79.1. The van der Waals surface area contributed by atoms with E-state index in [2.05, 4.69) is 83.2 Å². The van der Waals surface area contributed by atoms with Crippen molar-refractivity contribution in [2.75, 3.05) is 69.7 Å². The van der Waals surface area contributed by atoms with E-state index in [1.165, 1.54) is 6.08 Å². The Hall–Kier alpha value is -8.83. The van der Waals surface area contributed by atoms with Gasteiger partial charge in [0.05, 0.1) is 109 Å². The average molecular weight is 1600 g/mol. The average Bonchev–Trinajstić information content (AvgIpc) is 1.59. The molecule has 25 nitrogen and oxygen atoms in total. The van der Waals surface area contributed by atoms with E-state index in [0.717, 1.165) is 83.0 Å². The molecular formula is C77H99BBr2ClN15O10. The number of aromatic nitrogens is 8. The molecular weight excluding hydrogens is 1500 g/mol. The van der Waals surface area contributed by atoms with Crippen LogP contribution in [0, 0.1) is 0 Å². The van der Waals surface area contributed by atoms with Crippen LogP contribution in [0.15, 0.2) is 148 Å². The minimum Gasteiger partial charge on any atom is -0.399 e. The maximum Gasteiger partial charge on any atom is 0.494 e. The minimum absolute atomic E-state index is 0.00664. The van der Waals surface area contributed by atoms with Crippen molar-refractivity contribution in [1.29, 1.82) is 0 Å². The highest BCUT2D eigenvalue weighted by atomic mass is 79.9. The van der Waals surface area contributed by atoms with Crippen LogP contribution >= 0.6 is 43.5 Å². The van der Waals surface area contributed by atoms with Crippen molar-refractivity contribution in [3.05, 3.63) is 170 Å². The number of morpholine rings is 1. The fourth-order valence-electron chi connectivity index (χ4n) is 10.4. The molecule has 2 aliphatic heterocycles. The van der Waals surface area contributed by atoms with Crippen molar-refractivity contribution in [3.8, 4) is 22.5 Å². The summed E-state index contributed by atoms with van der Waals surface area (Å²) in [5.74, 6) is 0.739. The third-order valence-corrected chi connectivity index (χ3v) is 17.5. The van der Waals surface area contributed by atoms with Gasteiger partial charge in [0.15, 0.2) is 11.3 Å². The largest absolute Gasteiger partial charge is 0.494 e. The smallest absolute Gasteiger partial charge is 0.399 e. The number of halogens is 3. The van der Waals surface area contributed by atoms with Gasteiger partial charge in [0.1, 0.15) is 0 Å². The summed E-state index contributed by atoms with van der Waals surface area (Å²) < 4.78 is 22.9. The van der Waals surface area contributed by atoms with Gasteiger partial charge in [-0.05, 0) is 166 Å². The molecule has 9 aromatic rings. The Morgan fingerprint density at radius 3 is 1.27 bits per heavy atom. The first-order valence-corrected chi connectivity index (χ1v) is 37.1. The SMILES string of the molecule is CCN=C=O.CCNC(=O)Cc1ccc(-c2nc(Cl)nc3c2cnn3CC(C)(C)O)cc1.CCNC(=O)Cc1ccc(-c2nc(N3CCOCC3)nc3c2cnn3CC(C)(C)O)cc1.CCNC(=O)Cc1ccc(B2OC(C)(C)C(C)(C)O2)cc1.CCNC(=O)Cc1ccc(Br)cc1.Nc1ccc(Br)cc1. The summed E-state index contributed by atoms with van der Waals surface area (Å²) in [6.45, 7) is 30.9. The van der Waals surface area contributed by atoms with E-state index in [-0.39, 0.29) is 53.8 Å². The molecule has 6 heterocycles. The van der Waals surface area contributed by atoms with Crippen LogP contribution in [0.2, 0.25) is 5.28 Å². The number of ether oxygens (including phenoxy) is 1. The van der Waals surface area contributed by atoms with Gasteiger partial charge in [-0.3, -0.25) is 19.2 Å². The van der Waals surface area contributed by atoms with Gasteiger partial charge < -0.3 is 56.2 Å². The lowest BCUT2D eigenvalue weighted by Crippen LogP contribution is -2.41. The lowest BCUT2D eigenvalue weighted by Gasteiger charge is -2.32. The van der Waals surface area contributed by atoms with Gasteiger partial charge >= 0.3 is 7.12 Å². The topological polar surface area (TPSA) is 330 Å². The van der Waals surface area contributed by atoms with Gasteiger partial charge in [-0.15, -0.1) is 0 Å². The number of rotatable bonds is 21. The molecule has 4 aromatic heterocycles. The molecule has 0 saturated carbocycles. The first-order valence-electron chi connectivity index (χ1n) is 35.2. The lowest BCUT2D eigenvalue weighted by atomic mass is 9.79. The quantitative estimate of drug-likeness (QED) is 0.0116. The monoisotopic (exact) mass is 1600 g/mol. The number of anilines is 2. The summed E-state index contributed by atoms with van der Waals surface area (Å²) in [5.41, 5.74) is 13.0. The number of hydrogen-bond donors (Lipinski definition) is 7. The number of carbonyl (C=O) groups excluding carboxylic acids is 5. The van der Waals surface area contributed by atoms with E-state index in [0.29, 0.717) is 101 Å². The van der Waals surface area contributed by atoms with E-state index in [1.807, 2.05) is 177 Å². The number of hydrogen-bond acceptors (Lipinski definition) is 19. The van der Waals surface area contributed by atoms with Crippen molar-refractivity contribution in [1.82, 2.24) is 60.8 Å². The highest BCUT2D eigenvalue weighted by Crippen LogP contribution is 2.37. The van der Waals surface area contributed by atoms with E-state index >= 15 is 0 Å². The summed E-state index contributed by atoms with van der Waals surface area (Å²) in [6, 6.07) is 38.6. The summed E-state index contributed by atoms with van der Waals surface area (Å²) in [7, 11) is -0.353. The van der Waals surface area contributed by atoms with Crippen LogP contribution in [0.5, 0.6) is 0 Å². The molecule has 0 aliphatic carbocycles. The molecule has 8 N–H and O–H groups in total. The van der Waals surface area contributed by atoms with Gasteiger partial charge in [-0.25, -0.2) is 29.1 Å². The molecule has 2 saturated heterocycles. The van der Waals surface area contributed by atoms with E-state index in [4.69, 9.17) is 46.1 Å². The number of nitrogens with two attached hydrogens (primary N) is 1. The predicted octanol–water partition coefficient (Wildman–Crippen LogP) is 10.5. The Morgan fingerprint density at radius 2 is 0.925 bits per heavy atom. The molecule has 2 aliphatic rings. The summed E-state index contributed by atoms with van der Waals surface area (Å²) in [6.07, 6.45) is 6.35.